The van der Waals surface area contributed by atoms with E-state index in [9.17, 15) is 14.3 Å². The number of nitrogens with one attached hydrogen (secondary N) is 1. The number of urea groups is 1. The van der Waals surface area contributed by atoms with Crippen LogP contribution in [0.3, 0.4) is 0 Å². The first-order valence-electron chi connectivity index (χ1n) is 9.54. The number of likely N-dealkylation sites (tertiary alicyclic amines) is 1. The Hall–Kier alpha value is -2.91. The highest BCUT2D eigenvalue weighted by Crippen LogP contribution is 2.24. The molecule has 2 amide bonds. The van der Waals surface area contributed by atoms with Gasteiger partial charge in [-0.2, -0.15) is 5.26 Å². The molecule has 1 saturated heterocycles. The minimum atomic E-state index is -0.626. The number of hydrogen-bond donors (Lipinski definition) is 2. The molecule has 1 heterocycles. The van der Waals surface area contributed by atoms with Crippen molar-refractivity contribution in [1.29, 1.82) is 5.26 Å². The third-order valence-electron chi connectivity index (χ3n) is 5.28. The molecule has 1 aliphatic rings. The summed E-state index contributed by atoms with van der Waals surface area (Å²) in [5, 5.41) is 21.8. The highest BCUT2D eigenvalue weighted by atomic mass is 19.1. The molecule has 6 heteroatoms. The van der Waals surface area contributed by atoms with Gasteiger partial charge in [0.2, 0.25) is 0 Å². The summed E-state index contributed by atoms with van der Waals surface area (Å²) < 4.78 is 13.9. The minimum Gasteiger partial charge on any atom is -0.393 e. The van der Waals surface area contributed by atoms with Crippen LogP contribution in [0.25, 0.3) is 0 Å². The number of anilines is 1. The van der Waals surface area contributed by atoms with Gasteiger partial charge < -0.3 is 15.3 Å². The van der Waals surface area contributed by atoms with Gasteiger partial charge in [0, 0.05) is 13.1 Å². The number of rotatable bonds is 5. The molecule has 0 unspecified atom stereocenters. The van der Waals surface area contributed by atoms with Crippen LogP contribution in [0.2, 0.25) is 0 Å². The summed E-state index contributed by atoms with van der Waals surface area (Å²) in [5.41, 5.74) is 1.48. The molecule has 146 valence electrons. The van der Waals surface area contributed by atoms with Crippen molar-refractivity contribution >= 4 is 11.7 Å². The van der Waals surface area contributed by atoms with Crippen LogP contribution in [0.15, 0.2) is 48.5 Å². The van der Waals surface area contributed by atoms with Crippen molar-refractivity contribution in [2.24, 2.45) is 5.92 Å². The molecule has 0 aromatic heterocycles. The standard InChI is InChI=1S/C22H24FN3O2/c23-19-14-17(15-24)6-8-20(19)25-22(28)26-12-10-18(11-13-26)21(27)9-7-16-4-2-1-3-5-16/h1-6,8,14,18,21,27H,7,9-13H2,(H,25,28)/t21-/m1/s1. The average molecular weight is 381 g/mol. The van der Waals surface area contributed by atoms with Gasteiger partial charge in [0.1, 0.15) is 5.82 Å². The van der Waals surface area contributed by atoms with Gasteiger partial charge in [-0.1, -0.05) is 30.3 Å². The fraction of sp³-hybridized carbons (Fsp3) is 0.364. The van der Waals surface area contributed by atoms with Crippen molar-refractivity contribution in [2.45, 2.75) is 31.8 Å². The highest BCUT2D eigenvalue weighted by Gasteiger charge is 2.27. The largest absolute Gasteiger partial charge is 0.393 e. The molecule has 1 atom stereocenters. The Bertz CT molecular complexity index is 843. The van der Waals surface area contributed by atoms with Gasteiger partial charge in [-0.25, -0.2) is 9.18 Å². The second-order valence-corrected chi connectivity index (χ2v) is 7.15. The molecule has 1 fully saturated rings. The topological polar surface area (TPSA) is 76.4 Å². The number of carbonyl (C=O) groups is 1. The Balaban J connectivity index is 1.46. The predicted molar refractivity (Wildman–Crippen MR) is 105 cm³/mol. The summed E-state index contributed by atoms with van der Waals surface area (Å²) in [5.74, 6) is -0.460. The van der Waals surface area contributed by atoms with Crippen LogP contribution in [0.4, 0.5) is 14.9 Å². The van der Waals surface area contributed by atoms with Gasteiger partial charge in [-0.15, -0.1) is 0 Å². The van der Waals surface area contributed by atoms with E-state index in [1.807, 2.05) is 24.3 Å². The van der Waals surface area contributed by atoms with Crippen molar-refractivity contribution in [3.05, 3.63) is 65.5 Å². The van der Waals surface area contributed by atoms with Crippen molar-refractivity contribution in [1.82, 2.24) is 4.90 Å². The molecular formula is C22H24FN3O2. The third-order valence-corrected chi connectivity index (χ3v) is 5.28. The zero-order valence-electron chi connectivity index (χ0n) is 15.6. The van der Waals surface area contributed by atoms with E-state index in [1.54, 1.807) is 4.90 Å². The van der Waals surface area contributed by atoms with E-state index >= 15 is 0 Å². The Morgan fingerprint density at radius 2 is 1.96 bits per heavy atom. The van der Waals surface area contributed by atoms with E-state index in [1.165, 1.54) is 17.7 Å². The van der Waals surface area contributed by atoms with Gasteiger partial charge in [0.25, 0.3) is 0 Å². The number of nitrogens with zero attached hydrogens (tertiary/aromatic N) is 2. The smallest absolute Gasteiger partial charge is 0.321 e. The maximum Gasteiger partial charge on any atom is 0.321 e. The number of nitriles is 1. The van der Waals surface area contributed by atoms with Crippen molar-refractivity contribution < 1.29 is 14.3 Å². The summed E-state index contributed by atoms with van der Waals surface area (Å²) in [6, 6.07) is 15.5. The summed E-state index contributed by atoms with van der Waals surface area (Å²) in [7, 11) is 0. The number of aryl methyl sites for hydroxylation is 1. The lowest BCUT2D eigenvalue weighted by Crippen LogP contribution is -2.43. The Morgan fingerprint density at radius 1 is 1.25 bits per heavy atom. The Morgan fingerprint density at radius 3 is 2.61 bits per heavy atom. The van der Waals surface area contributed by atoms with Crippen molar-refractivity contribution in [2.75, 3.05) is 18.4 Å². The van der Waals surface area contributed by atoms with Crippen LogP contribution in [0.5, 0.6) is 0 Å². The summed E-state index contributed by atoms with van der Waals surface area (Å²) in [4.78, 5) is 14.0. The van der Waals surface area contributed by atoms with Gasteiger partial charge in [-0.05, 0) is 55.4 Å². The fourth-order valence-corrected chi connectivity index (χ4v) is 3.56. The number of aliphatic hydroxyl groups excluding tert-OH is 1. The average Bonchev–Trinajstić information content (AvgIpc) is 2.74. The number of aliphatic hydroxyl groups is 1. The van der Waals surface area contributed by atoms with Crippen LogP contribution in [-0.2, 0) is 6.42 Å². The second kappa shape index (κ2) is 9.34. The lowest BCUT2D eigenvalue weighted by atomic mass is 9.88. The molecule has 0 saturated carbocycles. The van der Waals surface area contributed by atoms with E-state index < -0.39 is 5.82 Å². The summed E-state index contributed by atoms with van der Waals surface area (Å²) in [6.07, 6.45) is 2.59. The Labute approximate surface area is 164 Å². The van der Waals surface area contributed by atoms with E-state index in [-0.39, 0.29) is 29.3 Å². The summed E-state index contributed by atoms with van der Waals surface area (Å²) in [6.45, 7) is 1.05. The maximum atomic E-state index is 13.9. The minimum absolute atomic E-state index is 0.0639. The molecule has 2 aromatic rings. The summed E-state index contributed by atoms with van der Waals surface area (Å²) >= 11 is 0. The number of amides is 2. The van der Waals surface area contributed by atoms with Gasteiger partial charge in [-0.3, -0.25) is 0 Å². The number of carbonyl (C=O) groups excluding carboxylic acids is 1. The van der Waals surface area contributed by atoms with Crippen molar-refractivity contribution in [3.63, 3.8) is 0 Å². The molecule has 0 aliphatic carbocycles. The van der Waals surface area contributed by atoms with E-state index in [0.717, 1.165) is 25.3 Å². The first-order valence-corrected chi connectivity index (χ1v) is 9.54. The zero-order valence-corrected chi connectivity index (χ0v) is 15.6. The normalized spacial score (nSPS) is 15.7. The van der Waals surface area contributed by atoms with Crippen LogP contribution in [0, 0.1) is 23.1 Å². The van der Waals surface area contributed by atoms with E-state index in [0.29, 0.717) is 19.5 Å². The molecule has 0 bridgehead atoms. The fourth-order valence-electron chi connectivity index (χ4n) is 3.56. The van der Waals surface area contributed by atoms with Gasteiger partial charge in [0.05, 0.1) is 23.4 Å². The monoisotopic (exact) mass is 381 g/mol. The number of hydrogen-bond acceptors (Lipinski definition) is 3. The van der Waals surface area contributed by atoms with Gasteiger partial charge in [0.15, 0.2) is 0 Å². The molecule has 2 aromatic carbocycles. The zero-order chi connectivity index (χ0) is 19.9. The van der Waals surface area contributed by atoms with Crippen LogP contribution < -0.4 is 5.32 Å². The quantitative estimate of drug-likeness (QED) is 0.824. The van der Waals surface area contributed by atoms with Crippen LogP contribution >= 0.6 is 0 Å². The van der Waals surface area contributed by atoms with Crippen LogP contribution in [0.1, 0.15) is 30.4 Å². The number of piperidine rings is 1. The molecule has 28 heavy (non-hydrogen) atoms. The SMILES string of the molecule is N#Cc1ccc(NC(=O)N2CCC([C@H](O)CCc3ccccc3)CC2)c(F)c1. The first kappa shape index (κ1) is 19.8. The van der Waals surface area contributed by atoms with Gasteiger partial charge >= 0.3 is 6.03 Å². The molecule has 2 N–H and O–H groups in total. The maximum absolute atomic E-state index is 13.9. The lowest BCUT2D eigenvalue weighted by molar-refractivity contribution is 0.0626. The molecule has 5 nitrogen and oxygen atoms in total. The Kier molecular flexibility index (Phi) is 6.62. The number of halogens is 1. The lowest BCUT2D eigenvalue weighted by Gasteiger charge is -2.34. The van der Waals surface area contributed by atoms with E-state index in [2.05, 4.69) is 17.4 Å². The van der Waals surface area contributed by atoms with E-state index in [4.69, 9.17) is 5.26 Å². The molecule has 1 aliphatic heterocycles. The number of benzene rings is 2. The first-order chi connectivity index (χ1) is 13.6. The van der Waals surface area contributed by atoms with Crippen molar-refractivity contribution in [3.8, 4) is 6.07 Å². The molecule has 0 radical (unpaired) electrons. The second-order valence-electron chi connectivity index (χ2n) is 7.15. The third kappa shape index (κ3) is 5.08. The molecule has 0 spiro atoms. The predicted octanol–water partition coefficient (Wildman–Crippen LogP) is 3.93. The molecular weight excluding hydrogens is 357 g/mol. The molecule has 3 rings (SSSR count). The highest BCUT2D eigenvalue weighted by molar-refractivity contribution is 5.89. The van der Waals surface area contributed by atoms with Crippen LogP contribution in [-0.4, -0.2) is 35.2 Å².